The number of hydrogen-bond acceptors (Lipinski definition) is 4. The minimum absolute atomic E-state index is 0.0411. The number of methoxy groups -OCH3 is 2. The van der Waals surface area contributed by atoms with Crippen molar-refractivity contribution in [1.29, 1.82) is 0 Å². The van der Waals surface area contributed by atoms with Crippen LogP contribution >= 0.6 is 0 Å². The predicted octanol–water partition coefficient (Wildman–Crippen LogP) is 3.46. The van der Waals surface area contributed by atoms with E-state index in [-0.39, 0.29) is 11.7 Å². The van der Waals surface area contributed by atoms with Crippen LogP contribution in [-0.4, -0.2) is 31.8 Å². The molecular weight excluding hydrogens is 318 g/mol. The van der Waals surface area contributed by atoms with Crippen LogP contribution in [0.15, 0.2) is 35.9 Å². The maximum absolute atomic E-state index is 12.5. The fourth-order valence-corrected chi connectivity index (χ4v) is 2.88. The highest BCUT2D eigenvalue weighted by Crippen LogP contribution is 2.34. The molecule has 2 aromatic carbocycles. The largest absolute Gasteiger partial charge is 0.504 e. The summed E-state index contributed by atoms with van der Waals surface area (Å²) in [5.41, 5.74) is 4.45. The first kappa shape index (κ1) is 16.9. The average molecular weight is 339 g/mol. The number of aryl methyl sites for hydroxylation is 1. The van der Waals surface area contributed by atoms with Gasteiger partial charge in [0.05, 0.1) is 20.8 Å². The van der Waals surface area contributed by atoms with Crippen molar-refractivity contribution < 1.29 is 19.4 Å². The van der Waals surface area contributed by atoms with Crippen LogP contribution in [0.25, 0.3) is 6.08 Å². The molecule has 0 spiro atoms. The maximum Gasteiger partial charge on any atom is 0.256 e. The lowest BCUT2D eigenvalue weighted by atomic mass is 10.00. The Hall–Kier alpha value is -2.95. The third-order valence-corrected chi connectivity index (χ3v) is 4.53. The molecule has 1 aliphatic rings. The van der Waals surface area contributed by atoms with E-state index in [0.29, 0.717) is 17.9 Å². The first-order valence-corrected chi connectivity index (χ1v) is 7.99. The first-order chi connectivity index (χ1) is 11.9. The molecule has 0 saturated carbocycles. The summed E-state index contributed by atoms with van der Waals surface area (Å²) >= 11 is 0. The standard InChI is InChI=1S/C20H21NO4/c1-12-7-16(10-19(25-4)13(12)2)21-11-15(20(21)23)8-14-5-6-18(24-3)17(22)9-14/h5-10,22H,11H2,1-4H3/b15-8-. The number of benzene rings is 2. The van der Waals surface area contributed by atoms with Gasteiger partial charge in [-0.05, 0) is 54.8 Å². The molecule has 3 rings (SSSR count). The van der Waals surface area contributed by atoms with E-state index in [1.54, 1.807) is 36.3 Å². The van der Waals surface area contributed by atoms with Crippen molar-refractivity contribution in [3.8, 4) is 17.2 Å². The quantitative estimate of drug-likeness (QED) is 0.685. The first-order valence-electron chi connectivity index (χ1n) is 7.99. The zero-order valence-electron chi connectivity index (χ0n) is 14.8. The molecule has 1 amide bonds. The van der Waals surface area contributed by atoms with Gasteiger partial charge < -0.3 is 19.5 Å². The lowest BCUT2D eigenvalue weighted by molar-refractivity contribution is -0.117. The van der Waals surface area contributed by atoms with E-state index < -0.39 is 0 Å². The highest BCUT2D eigenvalue weighted by molar-refractivity contribution is 6.16. The van der Waals surface area contributed by atoms with Gasteiger partial charge >= 0.3 is 0 Å². The molecule has 1 N–H and O–H groups in total. The van der Waals surface area contributed by atoms with E-state index in [1.807, 2.05) is 26.0 Å². The number of rotatable bonds is 4. The Morgan fingerprint density at radius 1 is 1.08 bits per heavy atom. The van der Waals surface area contributed by atoms with Crippen LogP contribution < -0.4 is 14.4 Å². The molecule has 0 bridgehead atoms. The van der Waals surface area contributed by atoms with Crippen LogP contribution in [0.3, 0.4) is 0 Å². The fourth-order valence-electron chi connectivity index (χ4n) is 2.88. The summed E-state index contributed by atoms with van der Waals surface area (Å²) in [6.07, 6.45) is 1.79. The second-order valence-electron chi connectivity index (χ2n) is 6.08. The van der Waals surface area contributed by atoms with Crippen molar-refractivity contribution >= 4 is 17.7 Å². The number of nitrogens with zero attached hydrogens (tertiary/aromatic N) is 1. The van der Waals surface area contributed by atoms with Gasteiger partial charge in [-0.1, -0.05) is 6.07 Å². The molecular formula is C20H21NO4. The van der Waals surface area contributed by atoms with Crippen molar-refractivity contribution in [2.24, 2.45) is 0 Å². The van der Waals surface area contributed by atoms with Gasteiger partial charge in [-0.25, -0.2) is 0 Å². The second-order valence-corrected chi connectivity index (χ2v) is 6.08. The van der Waals surface area contributed by atoms with Crippen LogP contribution in [-0.2, 0) is 4.79 Å². The Kier molecular flexibility index (Phi) is 4.40. The number of β-lactam (4-membered cyclic amide) rings is 1. The fraction of sp³-hybridized carbons (Fsp3) is 0.250. The molecule has 1 heterocycles. The van der Waals surface area contributed by atoms with Gasteiger partial charge in [-0.15, -0.1) is 0 Å². The van der Waals surface area contributed by atoms with Crippen LogP contribution in [0.5, 0.6) is 17.2 Å². The molecule has 5 heteroatoms. The van der Waals surface area contributed by atoms with Gasteiger partial charge in [-0.3, -0.25) is 4.79 Å². The highest BCUT2D eigenvalue weighted by atomic mass is 16.5. The third-order valence-electron chi connectivity index (χ3n) is 4.53. The molecule has 25 heavy (non-hydrogen) atoms. The Bertz CT molecular complexity index is 870. The molecule has 0 aliphatic carbocycles. The highest BCUT2D eigenvalue weighted by Gasteiger charge is 2.32. The summed E-state index contributed by atoms with van der Waals surface area (Å²) in [5, 5.41) is 9.84. The molecule has 1 saturated heterocycles. The number of carbonyl (C=O) groups is 1. The molecule has 0 unspecified atom stereocenters. The van der Waals surface area contributed by atoms with Gasteiger partial charge in [0.15, 0.2) is 11.5 Å². The molecule has 1 aliphatic heterocycles. The molecule has 2 aromatic rings. The lowest BCUT2D eigenvalue weighted by Crippen LogP contribution is -2.46. The predicted molar refractivity (Wildman–Crippen MR) is 97.5 cm³/mol. The van der Waals surface area contributed by atoms with Gasteiger partial charge in [0.2, 0.25) is 0 Å². The second kappa shape index (κ2) is 6.51. The van der Waals surface area contributed by atoms with E-state index in [4.69, 9.17) is 9.47 Å². The maximum atomic E-state index is 12.5. The number of anilines is 1. The van der Waals surface area contributed by atoms with Crippen LogP contribution in [0.1, 0.15) is 16.7 Å². The molecule has 0 radical (unpaired) electrons. The van der Waals surface area contributed by atoms with Crippen molar-refractivity contribution in [3.05, 3.63) is 52.6 Å². The lowest BCUT2D eigenvalue weighted by Gasteiger charge is -2.34. The van der Waals surface area contributed by atoms with Crippen LogP contribution in [0, 0.1) is 13.8 Å². The zero-order valence-corrected chi connectivity index (χ0v) is 14.8. The van der Waals surface area contributed by atoms with Gasteiger partial charge in [-0.2, -0.15) is 0 Å². The molecule has 130 valence electrons. The van der Waals surface area contributed by atoms with E-state index in [9.17, 15) is 9.90 Å². The number of amides is 1. The zero-order chi connectivity index (χ0) is 18.1. The number of phenols is 1. The summed E-state index contributed by atoms with van der Waals surface area (Å²) in [5.74, 6) is 1.20. The van der Waals surface area contributed by atoms with Gasteiger partial charge in [0.1, 0.15) is 5.75 Å². The van der Waals surface area contributed by atoms with Crippen molar-refractivity contribution in [1.82, 2.24) is 0 Å². The smallest absolute Gasteiger partial charge is 0.256 e. The van der Waals surface area contributed by atoms with Crippen LogP contribution in [0.4, 0.5) is 5.69 Å². The third kappa shape index (κ3) is 3.05. The molecule has 5 nitrogen and oxygen atoms in total. The van der Waals surface area contributed by atoms with E-state index in [2.05, 4.69) is 0 Å². The van der Waals surface area contributed by atoms with Crippen molar-refractivity contribution in [2.75, 3.05) is 25.7 Å². The Labute approximate surface area is 147 Å². The number of aromatic hydroxyl groups is 1. The molecule has 1 fully saturated rings. The van der Waals surface area contributed by atoms with Gasteiger partial charge in [0, 0.05) is 17.3 Å². The number of ether oxygens (including phenoxy) is 2. The minimum atomic E-state index is -0.0411. The van der Waals surface area contributed by atoms with Crippen LogP contribution in [0.2, 0.25) is 0 Å². The summed E-state index contributed by atoms with van der Waals surface area (Å²) in [6.45, 7) is 4.52. The SMILES string of the molecule is COc1ccc(/C=C2/CN(c3cc(C)c(C)c(OC)c3)C2=O)cc1O. The molecule has 0 aromatic heterocycles. The van der Waals surface area contributed by atoms with Crippen molar-refractivity contribution in [3.63, 3.8) is 0 Å². The van der Waals surface area contributed by atoms with E-state index >= 15 is 0 Å². The summed E-state index contributed by atoms with van der Waals surface area (Å²) in [4.78, 5) is 14.2. The Balaban J connectivity index is 1.82. The van der Waals surface area contributed by atoms with E-state index in [1.165, 1.54) is 7.11 Å². The Morgan fingerprint density at radius 3 is 2.40 bits per heavy atom. The van der Waals surface area contributed by atoms with E-state index in [0.717, 1.165) is 28.1 Å². The number of phenolic OH excluding ortho intramolecular Hbond substituents is 1. The number of carbonyl (C=O) groups excluding carboxylic acids is 1. The van der Waals surface area contributed by atoms with Crippen molar-refractivity contribution in [2.45, 2.75) is 13.8 Å². The average Bonchev–Trinajstić information content (AvgIpc) is 2.60. The van der Waals surface area contributed by atoms with Gasteiger partial charge in [0.25, 0.3) is 5.91 Å². The Morgan fingerprint density at radius 2 is 1.80 bits per heavy atom. The monoisotopic (exact) mass is 339 g/mol. The topological polar surface area (TPSA) is 59.0 Å². The summed E-state index contributed by atoms with van der Waals surface area (Å²) in [7, 11) is 3.13. The summed E-state index contributed by atoms with van der Waals surface area (Å²) < 4.78 is 10.4. The summed E-state index contributed by atoms with van der Waals surface area (Å²) in [6, 6.07) is 8.94. The molecule has 0 atom stereocenters. The minimum Gasteiger partial charge on any atom is -0.504 e. The normalized spacial score (nSPS) is 15.3. The number of hydrogen-bond donors (Lipinski definition) is 1.